The van der Waals surface area contributed by atoms with Gasteiger partial charge in [0.05, 0.1) is 21.1 Å². The van der Waals surface area contributed by atoms with Crippen LogP contribution in [0.5, 0.6) is 0 Å². The summed E-state index contributed by atoms with van der Waals surface area (Å²) in [6.45, 7) is 7.95. The van der Waals surface area contributed by atoms with E-state index in [4.69, 9.17) is 15.7 Å². The van der Waals surface area contributed by atoms with Gasteiger partial charge in [-0.05, 0) is 18.3 Å². The van der Waals surface area contributed by atoms with Gasteiger partial charge >= 0.3 is 6.18 Å². The molecule has 0 bridgehead atoms. The molecule has 0 aliphatic carbocycles. The molecule has 0 spiro atoms. The minimum atomic E-state index is -4.42. The Hall–Kier alpha value is -0.0801. The highest BCUT2D eigenvalue weighted by Gasteiger charge is 2.60. The van der Waals surface area contributed by atoms with E-state index in [2.05, 4.69) is 0 Å². The fourth-order valence-electron chi connectivity index (χ4n) is 2.65. The van der Waals surface area contributed by atoms with E-state index in [1.165, 1.54) is 0 Å². The zero-order valence-electron chi connectivity index (χ0n) is 12.8. The topological polar surface area (TPSA) is 0 Å². The van der Waals surface area contributed by atoms with Crippen LogP contribution in [0.4, 0.5) is 13.2 Å². The highest BCUT2D eigenvalue weighted by atomic mass is 19.4. The first-order valence-electron chi connectivity index (χ1n) is 7.02. The molecule has 0 N–H and O–H groups in total. The number of alkyl halides is 3. The Kier molecular flexibility index (Phi) is 6.11. The fourth-order valence-corrected chi connectivity index (χ4v) is 2.65. The van der Waals surface area contributed by atoms with Crippen LogP contribution in [0.3, 0.4) is 0 Å². The molecular weight excluding hydrogens is 247 g/mol. The van der Waals surface area contributed by atoms with Gasteiger partial charge < -0.3 is 0 Å². The van der Waals surface area contributed by atoms with E-state index in [1.54, 1.807) is 6.92 Å². The molecule has 0 aromatic rings. The Morgan fingerprint density at radius 2 is 1.32 bits per heavy atom. The van der Waals surface area contributed by atoms with Gasteiger partial charge in [0.2, 0.25) is 0 Å². The Morgan fingerprint density at radius 3 is 1.63 bits per heavy atom. The lowest BCUT2D eigenvalue weighted by Gasteiger charge is -2.55. The molecule has 5 heteroatoms. The first-order chi connectivity index (χ1) is 8.37. The minimum Gasteiger partial charge on any atom is -0.171 e. The van der Waals surface area contributed by atoms with E-state index in [-0.39, 0.29) is 0 Å². The van der Waals surface area contributed by atoms with E-state index in [9.17, 15) is 13.2 Å². The third kappa shape index (κ3) is 3.52. The van der Waals surface area contributed by atoms with Crippen LogP contribution in [-0.2, 0) is 0 Å². The SMILES string of the molecule is [B]C([B])(C(C)(CCC)CCCC)C(C)(C)C(F)(F)F. The van der Waals surface area contributed by atoms with Gasteiger partial charge in [-0.3, -0.25) is 0 Å². The molecule has 0 aliphatic heterocycles. The van der Waals surface area contributed by atoms with Gasteiger partial charge in [-0.2, -0.15) is 13.2 Å². The third-order valence-corrected chi connectivity index (χ3v) is 4.63. The third-order valence-electron chi connectivity index (χ3n) is 4.63. The summed E-state index contributed by atoms with van der Waals surface area (Å²) in [5.74, 6) is 0. The molecular formula is C14H25B2F3. The zero-order chi connectivity index (χ0) is 15.5. The van der Waals surface area contributed by atoms with Crippen LogP contribution in [-0.4, -0.2) is 21.9 Å². The second-order valence-corrected chi connectivity index (χ2v) is 6.41. The number of halogens is 3. The second kappa shape index (κ2) is 6.13. The number of hydrogen-bond donors (Lipinski definition) is 0. The molecule has 0 saturated carbocycles. The number of rotatable bonds is 7. The van der Waals surface area contributed by atoms with Gasteiger partial charge in [-0.15, -0.1) is 0 Å². The molecule has 0 amide bonds. The lowest BCUT2D eigenvalue weighted by atomic mass is 9.32. The van der Waals surface area contributed by atoms with Crippen molar-refractivity contribution < 1.29 is 13.2 Å². The van der Waals surface area contributed by atoms with Gasteiger partial charge in [0.1, 0.15) is 0 Å². The largest absolute Gasteiger partial charge is 0.393 e. The van der Waals surface area contributed by atoms with Crippen LogP contribution in [0, 0.1) is 10.8 Å². The first-order valence-corrected chi connectivity index (χ1v) is 7.02. The lowest BCUT2D eigenvalue weighted by Crippen LogP contribution is -2.52. The molecule has 0 fully saturated rings. The van der Waals surface area contributed by atoms with Crippen LogP contribution in [0.25, 0.3) is 0 Å². The highest BCUT2D eigenvalue weighted by molar-refractivity contribution is 6.41. The van der Waals surface area contributed by atoms with Crippen LogP contribution in [0.2, 0.25) is 5.21 Å². The van der Waals surface area contributed by atoms with E-state index in [0.717, 1.165) is 33.1 Å². The first kappa shape index (κ1) is 18.9. The number of hydrogen-bond acceptors (Lipinski definition) is 0. The Labute approximate surface area is 118 Å². The van der Waals surface area contributed by atoms with E-state index < -0.39 is 22.2 Å². The van der Waals surface area contributed by atoms with Crippen molar-refractivity contribution >= 4 is 15.7 Å². The van der Waals surface area contributed by atoms with Crippen LogP contribution in [0.15, 0.2) is 0 Å². The molecule has 4 radical (unpaired) electrons. The maximum absolute atomic E-state index is 13.3. The number of unbranched alkanes of at least 4 members (excludes halogenated alkanes) is 1. The molecule has 0 rings (SSSR count). The van der Waals surface area contributed by atoms with E-state index in [0.29, 0.717) is 12.8 Å². The molecule has 0 aromatic carbocycles. The molecule has 108 valence electrons. The molecule has 0 aliphatic rings. The monoisotopic (exact) mass is 272 g/mol. The smallest absolute Gasteiger partial charge is 0.171 e. The predicted octanol–water partition coefficient (Wildman–Crippen LogP) is 5.02. The van der Waals surface area contributed by atoms with E-state index in [1.807, 2.05) is 13.8 Å². The van der Waals surface area contributed by atoms with Crippen molar-refractivity contribution in [2.45, 2.75) is 78.1 Å². The molecule has 0 saturated heterocycles. The van der Waals surface area contributed by atoms with Crippen molar-refractivity contribution in [1.29, 1.82) is 0 Å². The van der Waals surface area contributed by atoms with Gasteiger partial charge in [-0.1, -0.05) is 59.1 Å². The zero-order valence-corrected chi connectivity index (χ0v) is 12.8. The lowest BCUT2D eigenvalue weighted by molar-refractivity contribution is -0.227. The molecule has 0 nitrogen and oxygen atoms in total. The van der Waals surface area contributed by atoms with Gasteiger partial charge in [0.25, 0.3) is 0 Å². The summed E-state index contributed by atoms with van der Waals surface area (Å²) in [6, 6.07) is 0. The van der Waals surface area contributed by atoms with Crippen LogP contribution >= 0.6 is 0 Å². The maximum atomic E-state index is 13.3. The standard InChI is InChI=1S/C14H25B2F3/c1-6-8-10-12(5,9-7-2)13(15,16)11(3,4)14(17,18)19/h6-10H2,1-5H3. The highest BCUT2D eigenvalue weighted by Crippen LogP contribution is 2.62. The summed E-state index contributed by atoms with van der Waals surface area (Å²) < 4.78 is 39.8. The van der Waals surface area contributed by atoms with Crippen molar-refractivity contribution in [2.75, 3.05) is 0 Å². The average Bonchev–Trinajstić information content (AvgIpc) is 2.24. The normalized spacial score (nSPS) is 17.3. The molecule has 0 heterocycles. The summed E-state index contributed by atoms with van der Waals surface area (Å²) in [6.07, 6.45) is -0.687. The average molecular weight is 272 g/mol. The maximum Gasteiger partial charge on any atom is 0.393 e. The molecule has 1 unspecified atom stereocenters. The summed E-state index contributed by atoms with van der Waals surface area (Å²) in [5, 5.41) is -1.79. The summed E-state index contributed by atoms with van der Waals surface area (Å²) in [7, 11) is 12.1. The van der Waals surface area contributed by atoms with Gasteiger partial charge in [0, 0.05) is 0 Å². The molecule has 19 heavy (non-hydrogen) atoms. The fraction of sp³-hybridized carbons (Fsp3) is 1.00. The van der Waals surface area contributed by atoms with Crippen molar-refractivity contribution in [3.63, 3.8) is 0 Å². The molecule has 1 atom stereocenters. The second-order valence-electron chi connectivity index (χ2n) is 6.41. The Balaban J connectivity index is 5.52. The van der Waals surface area contributed by atoms with Crippen LogP contribution < -0.4 is 0 Å². The predicted molar refractivity (Wildman–Crippen MR) is 76.6 cm³/mol. The van der Waals surface area contributed by atoms with Gasteiger partial charge in [0.15, 0.2) is 0 Å². The molecule has 0 aromatic heterocycles. The summed E-state index contributed by atoms with van der Waals surface area (Å²) in [4.78, 5) is 0. The summed E-state index contributed by atoms with van der Waals surface area (Å²) in [5.41, 5.74) is -2.85. The van der Waals surface area contributed by atoms with Crippen molar-refractivity contribution in [2.24, 2.45) is 10.8 Å². The van der Waals surface area contributed by atoms with E-state index >= 15 is 0 Å². The van der Waals surface area contributed by atoms with Crippen molar-refractivity contribution in [3.05, 3.63) is 0 Å². The van der Waals surface area contributed by atoms with Crippen molar-refractivity contribution in [1.82, 2.24) is 0 Å². The Morgan fingerprint density at radius 1 is 0.842 bits per heavy atom. The van der Waals surface area contributed by atoms with Crippen LogP contribution in [0.1, 0.15) is 66.7 Å². The quantitative estimate of drug-likeness (QED) is 0.570. The van der Waals surface area contributed by atoms with Gasteiger partial charge in [-0.25, -0.2) is 0 Å². The minimum absolute atomic E-state index is 0.597. The summed E-state index contributed by atoms with van der Waals surface area (Å²) >= 11 is 0. The Bertz CT molecular complexity index is 285. The van der Waals surface area contributed by atoms with Crippen molar-refractivity contribution in [3.8, 4) is 0 Å².